The van der Waals surface area contributed by atoms with Gasteiger partial charge in [-0.25, -0.2) is 8.42 Å². The van der Waals surface area contributed by atoms with Gasteiger partial charge in [0.15, 0.2) is 0 Å². The molecule has 7 heteroatoms. The third-order valence-corrected chi connectivity index (χ3v) is 7.79. The molecule has 0 spiro atoms. The minimum atomic E-state index is -3.88. The van der Waals surface area contributed by atoms with Crippen molar-refractivity contribution in [1.82, 2.24) is 5.32 Å². The Kier molecular flexibility index (Phi) is 8.76. The SMILES string of the molecule is CCc1ccccc1N(CC(=O)NCCCSc1ccccc1)S(=O)(=O)c1ccccc1. The molecule has 3 rings (SSSR count). The molecular formula is C25H28N2O3S2. The fraction of sp³-hybridized carbons (Fsp3) is 0.240. The minimum Gasteiger partial charge on any atom is -0.354 e. The fourth-order valence-electron chi connectivity index (χ4n) is 3.27. The third kappa shape index (κ3) is 6.37. The average Bonchev–Trinajstić information content (AvgIpc) is 2.83. The third-order valence-electron chi connectivity index (χ3n) is 4.91. The number of carbonyl (C=O) groups excluding carboxylic acids is 1. The van der Waals surface area contributed by atoms with Crippen molar-refractivity contribution in [2.24, 2.45) is 0 Å². The Morgan fingerprint density at radius 1 is 0.906 bits per heavy atom. The summed E-state index contributed by atoms with van der Waals surface area (Å²) < 4.78 is 28.0. The van der Waals surface area contributed by atoms with Gasteiger partial charge in [0.25, 0.3) is 10.0 Å². The van der Waals surface area contributed by atoms with Gasteiger partial charge in [-0.3, -0.25) is 9.10 Å². The largest absolute Gasteiger partial charge is 0.354 e. The zero-order chi connectivity index (χ0) is 22.8. The van der Waals surface area contributed by atoms with Gasteiger partial charge in [0, 0.05) is 11.4 Å². The second kappa shape index (κ2) is 11.7. The molecule has 0 saturated heterocycles. The number of amides is 1. The predicted molar refractivity (Wildman–Crippen MR) is 132 cm³/mol. The highest BCUT2D eigenvalue weighted by Gasteiger charge is 2.28. The molecule has 0 aliphatic carbocycles. The molecule has 32 heavy (non-hydrogen) atoms. The first-order chi connectivity index (χ1) is 15.5. The van der Waals surface area contributed by atoms with E-state index in [1.807, 2.05) is 37.3 Å². The van der Waals surface area contributed by atoms with Gasteiger partial charge in [-0.1, -0.05) is 61.5 Å². The van der Waals surface area contributed by atoms with Crippen LogP contribution in [0.15, 0.2) is 94.7 Å². The van der Waals surface area contributed by atoms with Crippen LogP contribution in [0, 0.1) is 0 Å². The second-order valence-electron chi connectivity index (χ2n) is 7.17. The molecule has 3 aromatic rings. The average molecular weight is 469 g/mol. The lowest BCUT2D eigenvalue weighted by atomic mass is 10.1. The molecule has 1 amide bonds. The number of sulfonamides is 1. The van der Waals surface area contributed by atoms with Crippen LogP contribution in [0.1, 0.15) is 18.9 Å². The van der Waals surface area contributed by atoms with Gasteiger partial charge in [0.1, 0.15) is 6.54 Å². The van der Waals surface area contributed by atoms with Crippen LogP contribution in [0.4, 0.5) is 5.69 Å². The highest BCUT2D eigenvalue weighted by Crippen LogP contribution is 2.27. The van der Waals surface area contributed by atoms with E-state index in [-0.39, 0.29) is 17.3 Å². The number of hydrogen-bond donors (Lipinski definition) is 1. The number of para-hydroxylation sites is 1. The number of anilines is 1. The molecule has 0 bridgehead atoms. The molecule has 0 saturated carbocycles. The molecule has 0 fully saturated rings. The minimum absolute atomic E-state index is 0.165. The number of hydrogen-bond acceptors (Lipinski definition) is 4. The first kappa shape index (κ1) is 23.9. The Morgan fingerprint density at radius 3 is 2.22 bits per heavy atom. The molecule has 0 radical (unpaired) electrons. The lowest BCUT2D eigenvalue weighted by molar-refractivity contribution is -0.119. The fourth-order valence-corrected chi connectivity index (χ4v) is 5.62. The molecule has 0 aliphatic heterocycles. The summed E-state index contributed by atoms with van der Waals surface area (Å²) in [6, 6.07) is 25.6. The van der Waals surface area contributed by atoms with Crippen molar-refractivity contribution in [1.29, 1.82) is 0 Å². The van der Waals surface area contributed by atoms with Crippen LogP contribution in [0.25, 0.3) is 0 Å². The van der Waals surface area contributed by atoms with E-state index < -0.39 is 10.0 Å². The summed E-state index contributed by atoms with van der Waals surface area (Å²) in [5.74, 6) is 0.551. The van der Waals surface area contributed by atoms with E-state index in [0.29, 0.717) is 18.7 Å². The van der Waals surface area contributed by atoms with Crippen LogP contribution in [0.3, 0.4) is 0 Å². The van der Waals surface area contributed by atoms with E-state index in [1.54, 1.807) is 54.2 Å². The number of thioether (sulfide) groups is 1. The van der Waals surface area contributed by atoms with Crippen LogP contribution < -0.4 is 9.62 Å². The summed E-state index contributed by atoms with van der Waals surface area (Å²) in [4.78, 5) is 14.1. The summed E-state index contributed by atoms with van der Waals surface area (Å²) in [5, 5.41) is 2.87. The van der Waals surface area contributed by atoms with Gasteiger partial charge in [-0.2, -0.15) is 0 Å². The van der Waals surface area contributed by atoms with E-state index in [9.17, 15) is 13.2 Å². The highest BCUT2D eigenvalue weighted by molar-refractivity contribution is 7.99. The summed E-state index contributed by atoms with van der Waals surface area (Å²) in [5.41, 5.74) is 1.41. The predicted octanol–water partition coefficient (Wildman–Crippen LogP) is 4.74. The Hall–Kier alpha value is -2.77. The summed E-state index contributed by atoms with van der Waals surface area (Å²) in [6.07, 6.45) is 1.46. The summed E-state index contributed by atoms with van der Waals surface area (Å²) in [7, 11) is -3.88. The normalized spacial score (nSPS) is 11.2. The van der Waals surface area contributed by atoms with Crippen molar-refractivity contribution in [3.63, 3.8) is 0 Å². The summed E-state index contributed by atoms with van der Waals surface area (Å²) >= 11 is 1.73. The molecule has 5 nitrogen and oxygen atoms in total. The lowest BCUT2D eigenvalue weighted by Crippen LogP contribution is -2.41. The zero-order valence-corrected chi connectivity index (χ0v) is 19.7. The van der Waals surface area contributed by atoms with Crippen LogP contribution in [-0.2, 0) is 21.2 Å². The number of rotatable bonds is 11. The van der Waals surface area contributed by atoms with Gasteiger partial charge in [0.2, 0.25) is 5.91 Å². The quantitative estimate of drug-likeness (QED) is 0.326. The Labute approximate surface area is 194 Å². The van der Waals surface area contributed by atoms with Crippen LogP contribution in [-0.4, -0.2) is 33.2 Å². The molecule has 0 heterocycles. The van der Waals surface area contributed by atoms with Crippen LogP contribution in [0.5, 0.6) is 0 Å². The molecule has 0 unspecified atom stereocenters. The van der Waals surface area contributed by atoms with E-state index in [4.69, 9.17) is 0 Å². The first-order valence-electron chi connectivity index (χ1n) is 10.6. The van der Waals surface area contributed by atoms with E-state index in [0.717, 1.165) is 17.7 Å². The van der Waals surface area contributed by atoms with Gasteiger partial charge < -0.3 is 5.32 Å². The molecule has 0 aliphatic rings. The molecule has 168 valence electrons. The number of aryl methyl sites for hydroxylation is 1. The van der Waals surface area contributed by atoms with Gasteiger partial charge in [-0.05, 0) is 54.5 Å². The zero-order valence-electron chi connectivity index (χ0n) is 18.1. The number of nitrogens with zero attached hydrogens (tertiary/aromatic N) is 1. The van der Waals surface area contributed by atoms with Gasteiger partial charge >= 0.3 is 0 Å². The number of carbonyl (C=O) groups is 1. The molecule has 0 atom stereocenters. The van der Waals surface area contributed by atoms with Crippen molar-refractivity contribution < 1.29 is 13.2 Å². The van der Waals surface area contributed by atoms with Crippen molar-refractivity contribution in [3.8, 4) is 0 Å². The van der Waals surface area contributed by atoms with Gasteiger partial charge in [0.05, 0.1) is 10.6 Å². The van der Waals surface area contributed by atoms with Crippen molar-refractivity contribution in [3.05, 3.63) is 90.5 Å². The van der Waals surface area contributed by atoms with Crippen molar-refractivity contribution >= 4 is 33.4 Å². The Balaban J connectivity index is 1.68. The number of nitrogens with one attached hydrogen (secondary N) is 1. The smallest absolute Gasteiger partial charge is 0.264 e. The topological polar surface area (TPSA) is 66.5 Å². The molecular weight excluding hydrogens is 440 g/mol. The maximum atomic E-state index is 13.4. The first-order valence-corrected chi connectivity index (χ1v) is 13.0. The molecule has 1 N–H and O–H groups in total. The van der Waals surface area contributed by atoms with E-state index >= 15 is 0 Å². The monoisotopic (exact) mass is 468 g/mol. The second-order valence-corrected chi connectivity index (χ2v) is 10.2. The maximum absolute atomic E-state index is 13.4. The summed E-state index contributed by atoms with van der Waals surface area (Å²) in [6.45, 7) is 2.20. The van der Waals surface area contributed by atoms with E-state index in [1.165, 1.54) is 9.20 Å². The maximum Gasteiger partial charge on any atom is 0.264 e. The number of benzene rings is 3. The standard InChI is InChI=1S/C25H28N2O3S2/c1-2-21-12-9-10-17-24(21)27(32(29,30)23-15-7-4-8-16-23)20-25(28)26-18-11-19-31-22-13-5-3-6-14-22/h3-10,12-17H,2,11,18-20H2,1H3,(H,26,28). The highest BCUT2D eigenvalue weighted by atomic mass is 32.2. The van der Waals surface area contributed by atoms with Crippen LogP contribution in [0.2, 0.25) is 0 Å². The Morgan fingerprint density at radius 2 is 1.53 bits per heavy atom. The molecule has 0 aromatic heterocycles. The van der Waals surface area contributed by atoms with Gasteiger partial charge in [-0.15, -0.1) is 11.8 Å². The lowest BCUT2D eigenvalue weighted by Gasteiger charge is -2.26. The molecule has 3 aromatic carbocycles. The Bertz CT molecular complexity index is 1100. The van der Waals surface area contributed by atoms with Crippen molar-refractivity contribution in [2.45, 2.75) is 29.6 Å². The van der Waals surface area contributed by atoms with Crippen molar-refractivity contribution in [2.75, 3.05) is 23.1 Å². The van der Waals surface area contributed by atoms with E-state index in [2.05, 4.69) is 17.4 Å². The van der Waals surface area contributed by atoms with Crippen LogP contribution >= 0.6 is 11.8 Å².